The first-order valence-electron chi connectivity index (χ1n) is 7.59. The summed E-state index contributed by atoms with van der Waals surface area (Å²) < 4.78 is 5.25. The molecule has 1 amide bonds. The minimum atomic E-state index is -0.911. The lowest BCUT2D eigenvalue weighted by molar-refractivity contribution is -0.138. The first-order valence-corrected chi connectivity index (χ1v) is 8.74. The van der Waals surface area contributed by atoms with Crippen LogP contribution in [0.3, 0.4) is 0 Å². The second-order valence-corrected chi connectivity index (χ2v) is 7.86. The van der Waals surface area contributed by atoms with Gasteiger partial charge < -0.3 is 15.2 Å². The molecule has 1 aromatic rings. The topological polar surface area (TPSA) is 75.6 Å². The number of rotatable bonds is 5. The van der Waals surface area contributed by atoms with Crippen molar-refractivity contribution >= 4 is 23.8 Å². The van der Waals surface area contributed by atoms with Gasteiger partial charge >= 0.3 is 12.1 Å². The van der Waals surface area contributed by atoms with Crippen LogP contribution in [0.25, 0.3) is 0 Å². The number of carboxylic acids is 1. The molecule has 23 heavy (non-hydrogen) atoms. The number of hydrogen-bond acceptors (Lipinski definition) is 4. The third-order valence-electron chi connectivity index (χ3n) is 3.76. The van der Waals surface area contributed by atoms with Gasteiger partial charge in [-0.3, -0.25) is 4.79 Å². The van der Waals surface area contributed by atoms with Crippen LogP contribution in [0.5, 0.6) is 0 Å². The number of aliphatic carboxylic acids is 1. The quantitative estimate of drug-likeness (QED) is 0.862. The van der Waals surface area contributed by atoms with Crippen LogP contribution in [-0.4, -0.2) is 34.2 Å². The van der Waals surface area contributed by atoms with Crippen molar-refractivity contribution in [2.75, 3.05) is 11.5 Å². The second kappa shape index (κ2) is 7.25. The van der Waals surface area contributed by atoms with Crippen molar-refractivity contribution in [1.29, 1.82) is 0 Å². The number of alkyl carbamates (subject to hydrolysis) is 1. The predicted octanol–water partition coefficient (Wildman–Crippen LogP) is 3.29. The van der Waals surface area contributed by atoms with Gasteiger partial charge in [0.2, 0.25) is 0 Å². The van der Waals surface area contributed by atoms with E-state index >= 15 is 0 Å². The zero-order chi connectivity index (χ0) is 16.9. The molecule has 1 fully saturated rings. The molecule has 2 rings (SSSR count). The van der Waals surface area contributed by atoms with Crippen molar-refractivity contribution in [1.82, 2.24) is 5.32 Å². The van der Waals surface area contributed by atoms with Crippen LogP contribution in [0, 0.1) is 5.41 Å². The van der Waals surface area contributed by atoms with Crippen molar-refractivity contribution in [3.63, 3.8) is 0 Å². The Balaban J connectivity index is 1.99. The number of ether oxygens (including phenoxy) is 1. The summed E-state index contributed by atoms with van der Waals surface area (Å²) in [5.74, 6) is 0.629. The van der Waals surface area contributed by atoms with Crippen molar-refractivity contribution in [3.8, 4) is 0 Å². The third kappa shape index (κ3) is 5.46. The van der Waals surface area contributed by atoms with Gasteiger partial charge in [0.25, 0.3) is 0 Å². The fourth-order valence-electron chi connectivity index (χ4n) is 3.04. The molecule has 1 aliphatic heterocycles. The highest BCUT2D eigenvalue weighted by molar-refractivity contribution is 7.99. The SMILES string of the molecule is CC1(C)CSCC(CC(=O)O)(NC(=O)OCc2ccccc2)C1. The maximum Gasteiger partial charge on any atom is 0.407 e. The van der Waals surface area contributed by atoms with E-state index in [1.54, 1.807) is 11.8 Å². The Morgan fingerprint density at radius 3 is 2.57 bits per heavy atom. The third-order valence-corrected chi connectivity index (χ3v) is 5.50. The largest absolute Gasteiger partial charge is 0.481 e. The highest BCUT2D eigenvalue weighted by Crippen LogP contribution is 2.40. The molecule has 0 spiro atoms. The molecule has 0 aliphatic carbocycles. The Hall–Kier alpha value is -1.69. The van der Waals surface area contributed by atoms with Gasteiger partial charge in [-0.2, -0.15) is 11.8 Å². The molecule has 1 unspecified atom stereocenters. The van der Waals surface area contributed by atoms with Crippen molar-refractivity contribution in [2.24, 2.45) is 5.41 Å². The van der Waals surface area contributed by atoms with Gasteiger partial charge in [-0.15, -0.1) is 0 Å². The number of carboxylic acid groups (broad SMARTS) is 1. The van der Waals surface area contributed by atoms with Crippen LogP contribution in [0.15, 0.2) is 30.3 Å². The zero-order valence-corrected chi connectivity index (χ0v) is 14.3. The number of thioether (sulfide) groups is 1. The zero-order valence-electron chi connectivity index (χ0n) is 13.5. The lowest BCUT2D eigenvalue weighted by Crippen LogP contribution is -2.56. The summed E-state index contributed by atoms with van der Waals surface area (Å²) in [4.78, 5) is 23.4. The molecule has 0 aromatic heterocycles. The number of amides is 1. The second-order valence-electron chi connectivity index (χ2n) is 6.87. The average Bonchev–Trinajstić information content (AvgIpc) is 2.44. The molecule has 1 aromatic carbocycles. The number of benzene rings is 1. The standard InChI is InChI=1S/C17H23NO4S/c1-16(2)10-17(8-14(19)20,12-23-11-16)18-15(21)22-9-13-6-4-3-5-7-13/h3-7H,8-12H2,1-2H3,(H,18,21)(H,19,20). The molecular formula is C17H23NO4S. The fourth-order valence-corrected chi connectivity index (χ4v) is 4.47. The van der Waals surface area contributed by atoms with E-state index in [4.69, 9.17) is 4.74 Å². The van der Waals surface area contributed by atoms with E-state index in [0.717, 1.165) is 11.3 Å². The van der Waals surface area contributed by atoms with E-state index in [9.17, 15) is 14.7 Å². The highest BCUT2D eigenvalue weighted by Gasteiger charge is 2.43. The van der Waals surface area contributed by atoms with Gasteiger partial charge in [-0.25, -0.2) is 4.79 Å². The summed E-state index contributed by atoms with van der Waals surface area (Å²) >= 11 is 1.67. The Kier molecular flexibility index (Phi) is 5.57. The molecule has 6 heteroatoms. The first-order chi connectivity index (χ1) is 10.8. The highest BCUT2D eigenvalue weighted by atomic mass is 32.2. The molecule has 1 saturated heterocycles. The minimum Gasteiger partial charge on any atom is -0.481 e. The van der Waals surface area contributed by atoms with Crippen molar-refractivity contribution < 1.29 is 19.4 Å². The number of nitrogens with one attached hydrogen (secondary N) is 1. The van der Waals surface area contributed by atoms with Crippen LogP contribution in [0.4, 0.5) is 4.79 Å². The van der Waals surface area contributed by atoms with Crippen LogP contribution >= 0.6 is 11.8 Å². The molecule has 1 aliphatic rings. The average molecular weight is 337 g/mol. The number of carbonyl (C=O) groups is 2. The van der Waals surface area contributed by atoms with Crippen LogP contribution in [0.1, 0.15) is 32.3 Å². The van der Waals surface area contributed by atoms with Crippen LogP contribution in [-0.2, 0) is 16.1 Å². The molecule has 2 N–H and O–H groups in total. The summed E-state index contributed by atoms with van der Waals surface area (Å²) in [5, 5.41) is 12.0. The van der Waals surface area contributed by atoms with Gasteiger partial charge in [-0.05, 0) is 23.2 Å². The molecule has 0 bridgehead atoms. The number of hydrogen-bond donors (Lipinski definition) is 2. The van der Waals surface area contributed by atoms with Gasteiger partial charge in [-0.1, -0.05) is 44.2 Å². The molecule has 1 heterocycles. The van der Waals surface area contributed by atoms with Gasteiger partial charge in [0.1, 0.15) is 6.61 Å². The van der Waals surface area contributed by atoms with Crippen LogP contribution in [0.2, 0.25) is 0 Å². The van der Waals surface area contributed by atoms with E-state index in [2.05, 4.69) is 19.2 Å². The van der Waals surface area contributed by atoms with Crippen LogP contribution < -0.4 is 5.32 Å². The Bertz CT molecular complexity index is 561. The molecule has 1 atom stereocenters. The van der Waals surface area contributed by atoms with E-state index < -0.39 is 17.6 Å². The van der Waals surface area contributed by atoms with E-state index in [1.807, 2.05) is 30.3 Å². The molecule has 5 nitrogen and oxygen atoms in total. The van der Waals surface area contributed by atoms with Gasteiger partial charge in [0, 0.05) is 5.75 Å². The summed E-state index contributed by atoms with van der Waals surface area (Å²) in [6, 6.07) is 9.40. The monoisotopic (exact) mass is 337 g/mol. The van der Waals surface area contributed by atoms with E-state index in [-0.39, 0.29) is 18.4 Å². The van der Waals surface area contributed by atoms with Crippen molar-refractivity contribution in [3.05, 3.63) is 35.9 Å². The normalized spacial score (nSPS) is 23.0. The molecule has 0 radical (unpaired) electrons. The maximum atomic E-state index is 12.1. The first kappa shape index (κ1) is 17.7. The predicted molar refractivity (Wildman–Crippen MR) is 90.5 cm³/mol. The lowest BCUT2D eigenvalue weighted by Gasteiger charge is -2.43. The molecule has 126 valence electrons. The van der Waals surface area contributed by atoms with Crippen molar-refractivity contribution in [2.45, 2.75) is 38.8 Å². The van der Waals surface area contributed by atoms with E-state index in [0.29, 0.717) is 12.2 Å². The Morgan fingerprint density at radius 2 is 1.96 bits per heavy atom. The number of carbonyl (C=O) groups excluding carboxylic acids is 1. The van der Waals surface area contributed by atoms with Gasteiger partial charge in [0.05, 0.1) is 12.0 Å². The fraction of sp³-hybridized carbons (Fsp3) is 0.529. The summed E-state index contributed by atoms with van der Waals surface area (Å²) in [6.45, 7) is 4.35. The summed E-state index contributed by atoms with van der Waals surface area (Å²) in [7, 11) is 0. The Morgan fingerprint density at radius 1 is 1.26 bits per heavy atom. The lowest BCUT2D eigenvalue weighted by atomic mass is 9.78. The minimum absolute atomic E-state index is 0.0227. The van der Waals surface area contributed by atoms with E-state index in [1.165, 1.54) is 0 Å². The maximum absolute atomic E-state index is 12.1. The molecule has 0 saturated carbocycles. The Labute approximate surface area is 140 Å². The summed E-state index contributed by atoms with van der Waals surface area (Å²) in [6.07, 6.45) is -0.0303. The molecular weight excluding hydrogens is 314 g/mol. The summed E-state index contributed by atoms with van der Waals surface area (Å²) in [5.41, 5.74) is 0.116. The van der Waals surface area contributed by atoms with Gasteiger partial charge in [0.15, 0.2) is 0 Å². The smallest absolute Gasteiger partial charge is 0.407 e.